The van der Waals surface area contributed by atoms with Gasteiger partial charge in [0, 0.05) is 18.9 Å². The van der Waals surface area contributed by atoms with Crippen molar-refractivity contribution in [3.05, 3.63) is 33.9 Å². The molecule has 0 atom stereocenters. The Morgan fingerprint density at radius 1 is 1.41 bits per heavy atom. The summed E-state index contributed by atoms with van der Waals surface area (Å²) in [6.45, 7) is 0. The van der Waals surface area contributed by atoms with Gasteiger partial charge >= 0.3 is 5.69 Å². The maximum Gasteiger partial charge on any atom is 0.310 e. The van der Waals surface area contributed by atoms with Gasteiger partial charge in [0.1, 0.15) is 0 Å². The number of benzene rings is 1. The first-order chi connectivity index (χ1) is 7.73. The Morgan fingerprint density at radius 3 is 2.41 bits per heavy atom. The van der Waals surface area contributed by atoms with Crippen LogP contribution in [-0.4, -0.2) is 16.0 Å². The number of hydrogen-bond acceptors (Lipinski definition) is 4. The number of rotatable bonds is 2. The lowest BCUT2D eigenvalue weighted by Crippen LogP contribution is -2.55. The number of nitrogens with zero attached hydrogens (tertiary/aromatic N) is 1. The highest BCUT2D eigenvalue weighted by atomic mass is 19.3. The molecule has 3 N–H and O–H groups in total. The lowest BCUT2D eigenvalue weighted by Gasteiger charge is -2.44. The quantitative estimate of drug-likeness (QED) is 0.614. The summed E-state index contributed by atoms with van der Waals surface area (Å²) in [5.74, 6) is -3.36. The van der Waals surface area contributed by atoms with Gasteiger partial charge in [-0.1, -0.05) is 6.07 Å². The minimum absolute atomic E-state index is 0.284. The molecule has 0 aromatic heterocycles. The van der Waals surface area contributed by atoms with E-state index in [9.17, 15) is 24.0 Å². The molecule has 0 spiro atoms. The van der Waals surface area contributed by atoms with Crippen LogP contribution < -0.4 is 5.73 Å². The lowest BCUT2D eigenvalue weighted by molar-refractivity contribution is -0.385. The summed E-state index contributed by atoms with van der Waals surface area (Å²) in [6, 6.07) is 3.44. The second-order valence-corrected chi connectivity index (χ2v) is 4.33. The van der Waals surface area contributed by atoms with E-state index in [2.05, 4.69) is 0 Å². The molecule has 1 aromatic rings. The molecule has 0 saturated heterocycles. The van der Waals surface area contributed by atoms with Crippen LogP contribution in [0.5, 0.6) is 5.75 Å². The van der Waals surface area contributed by atoms with Crippen LogP contribution in [0.4, 0.5) is 14.5 Å². The van der Waals surface area contributed by atoms with E-state index >= 15 is 0 Å². The van der Waals surface area contributed by atoms with Crippen molar-refractivity contribution in [2.24, 2.45) is 5.73 Å². The summed E-state index contributed by atoms with van der Waals surface area (Å²) in [7, 11) is 0. The molecule has 0 amide bonds. The van der Waals surface area contributed by atoms with Gasteiger partial charge < -0.3 is 10.8 Å². The van der Waals surface area contributed by atoms with Gasteiger partial charge in [-0.3, -0.25) is 10.1 Å². The van der Waals surface area contributed by atoms with E-state index in [-0.39, 0.29) is 5.56 Å². The van der Waals surface area contributed by atoms with Gasteiger partial charge in [0.15, 0.2) is 5.75 Å². The molecule has 0 unspecified atom stereocenters. The van der Waals surface area contributed by atoms with E-state index < -0.39 is 40.7 Å². The molecule has 0 aliphatic heterocycles. The summed E-state index contributed by atoms with van der Waals surface area (Å²) < 4.78 is 25.6. The SMILES string of the molecule is NC1(c2ccc([N+](=O)[O-])c(O)c2)CC(F)(F)C1. The number of phenols is 1. The molecule has 5 nitrogen and oxygen atoms in total. The minimum atomic E-state index is -2.80. The third-order valence-electron chi connectivity index (χ3n) is 2.90. The van der Waals surface area contributed by atoms with Gasteiger partial charge in [-0.25, -0.2) is 8.78 Å². The van der Waals surface area contributed by atoms with Gasteiger partial charge in [-0.15, -0.1) is 0 Å². The standard InChI is InChI=1S/C10H10F2N2O3/c11-10(12)4-9(13,5-10)6-1-2-7(14(16)17)8(15)3-6/h1-3,15H,4-5,13H2. The highest BCUT2D eigenvalue weighted by Gasteiger charge is 2.55. The van der Waals surface area contributed by atoms with Crippen molar-refractivity contribution in [3.8, 4) is 5.75 Å². The molecule has 2 rings (SSSR count). The maximum atomic E-state index is 12.8. The van der Waals surface area contributed by atoms with Gasteiger partial charge in [0.2, 0.25) is 0 Å². The smallest absolute Gasteiger partial charge is 0.310 e. The number of aromatic hydroxyl groups is 1. The zero-order chi connectivity index (χ0) is 12.8. The first-order valence-corrected chi connectivity index (χ1v) is 4.88. The van der Waals surface area contributed by atoms with Crippen molar-refractivity contribution in [2.45, 2.75) is 24.3 Å². The molecule has 0 radical (unpaired) electrons. The fourth-order valence-corrected chi connectivity index (χ4v) is 2.06. The van der Waals surface area contributed by atoms with Crippen molar-refractivity contribution in [2.75, 3.05) is 0 Å². The molecule has 7 heteroatoms. The van der Waals surface area contributed by atoms with E-state index in [0.29, 0.717) is 0 Å². The van der Waals surface area contributed by atoms with Crippen molar-refractivity contribution in [3.63, 3.8) is 0 Å². The summed E-state index contributed by atoms with van der Waals surface area (Å²) in [5, 5.41) is 19.9. The molecule has 17 heavy (non-hydrogen) atoms. The van der Waals surface area contributed by atoms with Gasteiger partial charge in [0.05, 0.1) is 10.5 Å². The van der Waals surface area contributed by atoms with Crippen LogP contribution >= 0.6 is 0 Å². The summed E-state index contributed by atoms with van der Waals surface area (Å²) in [6.07, 6.45) is -1.03. The maximum absolute atomic E-state index is 12.8. The number of nitrogens with two attached hydrogens (primary N) is 1. The summed E-state index contributed by atoms with van der Waals surface area (Å²) in [4.78, 5) is 9.71. The number of halogens is 2. The minimum Gasteiger partial charge on any atom is -0.502 e. The summed E-state index contributed by atoms with van der Waals surface area (Å²) >= 11 is 0. The number of nitro groups is 1. The van der Waals surface area contributed by atoms with E-state index in [1.165, 1.54) is 6.07 Å². The predicted octanol–water partition coefficient (Wildman–Crippen LogP) is 1.88. The molecule has 92 valence electrons. The largest absolute Gasteiger partial charge is 0.502 e. The number of alkyl halides is 2. The average Bonchev–Trinajstić information content (AvgIpc) is 2.13. The fraction of sp³-hybridized carbons (Fsp3) is 0.400. The first kappa shape index (κ1) is 11.7. The normalized spacial score (nSPS) is 20.6. The van der Waals surface area contributed by atoms with Crippen molar-refractivity contribution in [1.82, 2.24) is 0 Å². The van der Waals surface area contributed by atoms with Gasteiger partial charge in [-0.05, 0) is 11.6 Å². The van der Waals surface area contributed by atoms with Gasteiger partial charge in [0.25, 0.3) is 5.92 Å². The molecule has 1 fully saturated rings. The Balaban J connectivity index is 2.30. The molecule has 0 bridgehead atoms. The van der Waals surface area contributed by atoms with Crippen LogP contribution in [0, 0.1) is 10.1 Å². The van der Waals surface area contributed by atoms with Crippen LogP contribution in [-0.2, 0) is 5.54 Å². The monoisotopic (exact) mass is 244 g/mol. The average molecular weight is 244 g/mol. The zero-order valence-corrected chi connectivity index (χ0v) is 8.69. The summed E-state index contributed by atoms with van der Waals surface area (Å²) in [5.41, 5.74) is 4.34. The molecule has 0 heterocycles. The molecular weight excluding hydrogens is 234 g/mol. The van der Waals surface area contributed by atoms with Crippen molar-refractivity contribution in [1.29, 1.82) is 0 Å². The Bertz CT molecular complexity index is 482. The molecule has 1 aliphatic carbocycles. The van der Waals surface area contributed by atoms with Crippen LogP contribution in [0.2, 0.25) is 0 Å². The van der Waals surface area contributed by atoms with Crippen LogP contribution in [0.15, 0.2) is 18.2 Å². The fourth-order valence-electron chi connectivity index (χ4n) is 2.06. The number of hydrogen-bond donors (Lipinski definition) is 2. The van der Waals surface area contributed by atoms with E-state index in [1.807, 2.05) is 0 Å². The van der Waals surface area contributed by atoms with E-state index in [0.717, 1.165) is 12.1 Å². The highest BCUT2D eigenvalue weighted by Crippen LogP contribution is 2.50. The van der Waals surface area contributed by atoms with E-state index in [1.54, 1.807) is 0 Å². The Labute approximate surface area is 95.0 Å². The third kappa shape index (κ3) is 1.93. The molecule has 1 saturated carbocycles. The van der Waals surface area contributed by atoms with Gasteiger partial charge in [-0.2, -0.15) is 0 Å². The van der Waals surface area contributed by atoms with Crippen LogP contribution in [0.3, 0.4) is 0 Å². The van der Waals surface area contributed by atoms with Crippen molar-refractivity contribution < 1.29 is 18.8 Å². The molecular formula is C10H10F2N2O3. The first-order valence-electron chi connectivity index (χ1n) is 4.88. The second kappa shape index (κ2) is 3.36. The zero-order valence-electron chi connectivity index (χ0n) is 8.69. The topological polar surface area (TPSA) is 89.4 Å². The third-order valence-corrected chi connectivity index (χ3v) is 2.90. The molecule has 1 aliphatic rings. The Morgan fingerprint density at radius 2 is 2.00 bits per heavy atom. The Hall–Kier alpha value is -1.76. The number of nitro benzene ring substituents is 1. The van der Waals surface area contributed by atoms with Crippen LogP contribution in [0.25, 0.3) is 0 Å². The number of phenolic OH excluding ortho intramolecular Hbond substituents is 1. The van der Waals surface area contributed by atoms with Crippen LogP contribution in [0.1, 0.15) is 18.4 Å². The Kier molecular flexibility index (Phi) is 2.32. The second-order valence-electron chi connectivity index (χ2n) is 4.33. The molecule has 1 aromatic carbocycles. The van der Waals surface area contributed by atoms with E-state index in [4.69, 9.17) is 5.73 Å². The van der Waals surface area contributed by atoms with Crippen molar-refractivity contribution >= 4 is 5.69 Å². The lowest BCUT2D eigenvalue weighted by atomic mass is 9.70. The predicted molar refractivity (Wildman–Crippen MR) is 54.8 cm³/mol. The highest BCUT2D eigenvalue weighted by molar-refractivity contribution is 5.49.